The number of aryl methyl sites for hydroxylation is 1. The Morgan fingerprint density at radius 2 is 1.75 bits per heavy atom. The monoisotopic (exact) mass is 462 g/mol. The highest BCUT2D eigenvalue weighted by Crippen LogP contribution is 2.28. The second kappa shape index (κ2) is 10.3. The van der Waals surface area contributed by atoms with E-state index in [1.807, 2.05) is 32.0 Å². The number of nitrogens with one attached hydrogen (secondary N) is 1. The summed E-state index contributed by atoms with van der Waals surface area (Å²) in [5.41, 5.74) is 2.08. The summed E-state index contributed by atoms with van der Waals surface area (Å²) in [5.74, 6) is 0.683. The number of benzene rings is 2. The zero-order chi connectivity index (χ0) is 23.3. The van der Waals surface area contributed by atoms with Crippen LogP contribution in [0.25, 0.3) is 0 Å². The van der Waals surface area contributed by atoms with Crippen LogP contribution >= 0.6 is 0 Å². The van der Waals surface area contributed by atoms with Crippen molar-refractivity contribution >= 4 is 15.9 Å². The SMILES string of the molecule is CCC(NC(=O)c1cc(S(=O)(=O)N2CCOCC2)ccc1OC)c1ccc(OC)c(C)c1. The molecule has 2 aromatic carbocycles. The molecule has 0 aromatic heterocycles. The van der Waals surface area contributed by atoms with E-state index in [0.717, 1.165) is 16.9 Å². The van der Waals surface area contributed by atoms with E-state index < -0.39 is 15.9 Å². The molecule has 9 heteroatoms. The summed E-state index contributed by atoms with van der Waals surface area (Å²) in [4.78, 5) is 13.2. The molecule has 0 bridgehead atoms. The number of hydrogen-bond acceptors (Lipinski definition) is 6. The zero-order valence-electron chi connectivity index (χ0n) is 18.9. The number of rotatable bonds is 8. The van der Waals surface area contributed by atoms with Crippen molar-refractivity contribution in [1.82, 2.24) is 9.62 Å². The molecule has 0 saturated carbocycles. The van der Waals surface area contributed by atoms with Gasteiger partial charge >= 0.3 is 0 Å². The van der Waals surface area contributed by atoms with E-state index in [2.05, 4.69) is 5.32 Å². The van der Waals surface area contributed by atoms with Gasteiger partial charge in [-0.25, -0.2) is 8.42 Å². The Morgan fingerprint density at radius 1 is 1.09 bits per heavy atom. The summed E-state index contributed by atoms with van der Waals surface area (Å²) in [6.45, 7) is 5.18. The molecule has 8 nitrogen and oxygen atoms in total. The molecule has 1 unspecified atom stereocenters. The molecule has 1 saturated heterocycles. The quantitative estimate of drug-likeness (QED) is 0.648. The van der Waals surface area contributed by atoms with Crippen molar-refractivity contribution in [3.8, 4) is 11.5 Å². The van der Waals surface area contributed by atoms with Gasteiger partial charge in [0, 0.05) is 13.1 Å². The standard InChI is InChI=1S/C23H30N2O6S/c1-5-20(17-6-8-21(29-3)16(2)14-17)24-23(26)19-15-18(7-9-22(19)30-4)32(27,28)25-10-12-31-13-11-25/h6-9,14-15,20H,5,10-13H2,1-4H3,(H,24,26). The van der Waals surface area contributed by atoms with Gasteiger partial charge in [-0.15, -0.1) is 0 Å². The highest BCUT2D eigenvalue weighted by atomic mass is 32.2. The Bertz CT molecular complexity index is 1060. The predicted octanol–water partition coefficient (Wildman–Crippen LogP) is 2.91. The molecule has 1 amide bonds. The summed E-state index contributed by atoms with van der Waals surface area (Å²) in [6.07, 6.45) is 0.658. The number of sulfonamides is 1. The minimum Gasteiger partial charge on any atom is -0.496 e. The third-order valence-electron chi connectivity index (χ3n) is 5.56. The van der Waals surface area contributed by atoms with Crippen molar-refractivity contribution in [2.24, 2.45) is 0 Å². The van der Waals surface area contributed by atoms with Crippen LogP contribution in [-0.2, 0) is 14.8 Å². The van der Waals surface area contributed by atoms with Gasteiger partial charge < -0.3 is 19.5 Å². The molecule has 174 valence electrons. The highest BCUT2D eigenvalue weighted by Gasteiger charge is 2.28. The second-order valence-corrected chi connectivity index (χ2v) is 9.48. The maximum atomic E-state index is 13.2. The minimum atomic E-state index is -3.74. The summed E-state index contributed by atoms with van der Waals surface area (Å²) in [5, 5.41) is 3.01. The van der Waals surface area contributed by atoms with Gasteiger partial charge in [0.25, 0.3) is 5.91 Å². The van der Waals surface area contributed by atoms with Gasteiger partial charge in [-0.2, -0.15) is 4.31 Å². The van der Waals surface area contributed by atoms with Crippen molar-refractivity contribution in [3.05, 3.63) is 53.1 Å². The molecular formula is C23H30N2O6S. The van der Waals surface area contributed by atoms with Crippen molar-refractivity contribution in [3.63, 3.8) is 0 Å². The lowest BCUT2D eigenvalue weighted by Crippen LogP contribution is -2.40. The number of carbonyl (C=O) groups excluding carboxylic acids is 1. The molecule has 2 aromatic rings. The number of carbonyl (C=O) groups is 1. The Hall–Kier alpha value is -2.62. The van der Waals surface area contributed by atoms with Crippen LogP contribution in [0, 0.1) is 6.92 Å². The molecule has 1 atom stereocenters. The number of ether oxygens (including phenoxy) is 3. The lowest BCUT2D eigenvalue weighted by Gasteiger charge is -2.26. The van der Waals surface area contributed by atoms with Gasteiger partial charge in [-0.05, 0) is 48.7 Å². The van der Waals surface area contributed by atoms with E-state index in [1.165, 1.54) is 29.6 Å². The number of nitrogens with zero attached hydrogens (tertiary/aromatic N) is 1. The summed E-state index contributed by atoms with van der Waals surface area (Å²) >= 11 is 0. The van der Waals surface area contributed by atoms with Crippen molar-refractivity contribution in [1.29, 1.82) is 0 Å². The highest BCUT2D eigenvalue weighted by molar-refractivity contribution is 7.89. The first kappa shape index (κ1) is 24.0. The summed E-state index contributed by atoms with van der Waals surface area (Å²) in [6, 6.07) is 9.86. The fraction of sp³-hybridized carbons (Fsp3) is 0.435. The van der Waals surface area contributed by atoms with Crippen molar-refractivity contribution in [2.75, 3.05) is 40.5 Å². The van der Waals surface area contributed by atoms with E-state index in [9.17, 15) is 13.2 Å². The normalized spacial score (nSPS) is 15.8. The van der Waals surface area contributed by atoms with Crippen molar-refractivity contribution in [2.45, 2.75) is 31.2 Å². The molecular weight excluding hydrogens is 432 g/mol. The minimum absolute atomic E-state index is 0.0543. The van der Waals surface area contributed by atoms with E-state index in [-0.39, 0.29) is 29.6 Å². The topological polar surface area (TPSA) is 94.2 Å². The Kier molecular flexibility index (Phi) is 7.76. The fourth-order valence-corrected chi connectivity index (χ4v) is 5.17. The molecule has 3 rings (SSSR count). The third-order valence-corrected chi connectivity index (χ3v) is 7.45. The zero-order valence-corrected chi connectivity index (χ0v) is 19.7. The fourth-order valence-electron chi connectivity index (χ4n) is 3.74. The van der Waals surface area contributed by atoms with Gasteiger partial charge in [0.2, 0.25) is 10.0 Å². The average Bonchev–Trinajstić information content (AvgIpc) is 2.82. The van der Waals surface area contributed by atoms with Crippen LogP contribution in [0.2, 0.25) is 0 Å². The molecule has 1 heterocycles. The van der Waals surface area contributed by atoms with E-state index in [1.54, 1.807) is 7.11 Å². The first-order valence-corrected chi connectivity index (χ1v) is 12.0. The lowest BCUT2D eigenvalue weighted by molar-refractivity contribution is 0.0730. The van der Waals surface area contributed by atoms with Crippen LogP contribution in [0.15, 0.2) is 41.3 Å². The molecule has 0 aliphatic carbocycles. The van der Waals surface area contributed by atoms with Gasteiger partial charge in [0.15, 0.2) is 0 Å². The maximum Gasteiger partial charge on any atom is 0.255 e. The maximum absolute atomic E-state index is 13.2. The van der Waals surface area contributed by atoms with E-state index >= 15 is 0 Å². The molecule has 1 fully saturated rings. The van der Waals surface area contributed by atoms with Crippen LogP contribution in [0.1, 0.15) is 40.9 Å². The summed E-state index contributed by atoms with van der Waals surface area (Å²) in [7, 11) is -0.671. The number of morpholine rings is 1. The predicted molar refractivity (Wildman–Crippen MR) is 121 cm³/mol. The molecule has 32 heavy (non-hydrogen) atoms. The van der Waals surface area contributed by atoms with Crippen LogP contribution in [0.3, 0.4) is 0 Å². The van der Waals surface area contributed by atoms with Gasteiger partial charge in [0.1, 0.15) is 11.5 Å². The summed E-state index contributed by atoms with van der Waals surface area (Å²) < 4.78 is 43.4. The molecule has 1 N–H and O–H groups in total. The number of hydrogen-bond donors (Lipinski definition) is 1. The smallest absolute Gasteiger partial charge is 0.255 e. The third kappa shape index (κ3) is 5.06. The van der Waals surface area contributed by atoms with Crippen LogP contribution in [0.5, 0.6) is 11.5 Å². The van der Waals surface area contributed by atoms with Gasteiger partial charge in [-0.1, -0.05) is 19.1 Å². The molecule has 0 radical (unpaired) electrons. The van der Waals surface area contributed by atoms with E-state index in [4.69, 9.17) is 14.2 Å². The average molecular weight is 463 g/mol. The molecule has 1 aliphatic rings. The molecule has 1 aliphatic heterocycles. The number of amides is 1. The van der Waals surface area contributed by atoms with Crippen LogP contribution < -0.4 is 14.8 Å². The first-order valence-electron chi connectivity index (χ1n) is 10.5. The van der Waals surface area contributed by atoms with Crippen molar-refractivity contribution < 1.29 is 27.4 Å². The van der Waals surface area contributed by atoms with E-state index in [0.29, 0.717) is 25.4 Å². The van der Waals surface area contributed by atoms with Gasteiger partial charge in [-0.3, -0.25) is 4.79 Å². The largest absolute Gasteiger partial charge is 0.496 e. The lowest BCUT2D eigenvalue weighted by atomic mass is 10.0. The Morgan fingerprint density at radius 3 is 2.34 bits per heavy atom. The Balaban J connectivity index is 1.89. The first-order chi connectivity index (χ1) is 15.3. The molecule has 0 spiro atoms. The Labute approximate surface area is 189 Å². The second-order valence-electron chi connectivity index (χ2n) is 7.54. The number of methoxy groups -OCH3 is 2. The van der Waals surface area contributed by atoms with Crippen LogP contribution in [-0.4, -0.2) is 59.2 Å². The van der Waals surface area contributed by atoms with Gasteiger partial charge in [0.05, 0.1) is 43.9 Å². The van der Waals surface area contributed by atoms with Crippen LogP contribution in [0.4, 0.5) is 0 Å².